The maximum atomic E-state index is 14.3. The molecule has 0 aliphatic rings. The Morgan fingerprint density at radius 1 is 0.939 bits per heavy atom. The number of ether oxygens (including phenoxy) is 1. The quantitative estimate of drug-likeness (QED) is 0.373. The number of nitrogens with zero attached hydrogens (tertiary/aromatic N) is 6. The van der Waals surface area contributed by atoms with Crippen molar-refractivity contribution in [2.75, 3.05) is 0 Å². The van der Waals surface area contributed by atoms with E-state index in [1.165, 1.54) is 6.07 Å². The first-order valence-corrected chi connectivity index (χ1v) is 10.3. The summed E-state index contributed by atoms with van der Waals surface area (Å²) in [5, 5.41) is 4.68. The molecule has 4 aromatic heterocycles. The zero-order chi connectivity index (χ0) is 22.6. The topological polar surface area (TPSA) is 78.6 Å². The highest BCUT2D eigenvalue weighted by Crippen LogP contribution is 2.25. The minimum absolute atomic E-state index is 0.301. The van der Waals surface area contributed by atoms with E-state index in [1.54, 1.807) is 66.7 Å². The maximum absolute atomic E-state index is 14.3. The van der Waals surface area contributed by atoms with Gasteiger partial charge in [0.1, 0.15) is 17.4 Å². The Kier molecular flexibility index (Phi) is 5.55. The van der Waals surface area contributed by atoms with Gasteiger partial charge in [0.2, 0.25) is 5.88 Å². The van der Waals surface area contributed by atoms with Crippen LogP contribution >= 0.6 is 0 Å². The maximum Gasteiger partial charge on any atom is 0.219 e. The largest absolute Gasteiger partial charge is 0.437 e. The monoisotopic (exact) mass is 438 g/mol. The fourth-order valence-electron chi connectivity index (χ4n) is 3.30. The molecule has 33 heavy (non-hydrogen) atoms. The zero-order valence-corrected chi connectivity index (χ0v) is 17.8. The molecule has 0 aliphatic carbocycles. The third-order valence-corrected chi connectivity index (χ3v) is 4.99. The summed E-state index contributed by atoms with van der Waals surface area (Å²) in [5.41, 5.74) is 2.71. The second-order valence-electron chi connectivity index (χ2n) is 7.37. The number of pyridine rings is 3. The van der Waals surface area contributed by atoms with Crippen LogP contribution in [0.2, 0.25) is 0 Å². The van der Waals surface area contributed by atoms with Crippen LogP contribution in [0.1, 0.15) is 17.1 Å². The lowest BCUT2D eigenvalue weighted by atomic mass is 10.2. The Morgan fingerprint density at radius 2 is 1.88 bits per heavy atom. The summed E-state index contributed by atoms with van der Waals surface area (Å²) < 4.78 is 21.7. The first-order chi connectivity index (χ1) is 16.2. The van der Waals surface area contributed by atoms with Gasteiger partial charge in [0.15, 0.2) is 5.82 Å². The number of halogens is 1. The Morgan fingerprint density at radius 3 is 2.67 bits per heavy atom. The van der Waals surface area contributed by atoms with Crippen molar-refractivity contribution in [2.24, 2.45) is 0 Å². The van der Waals surface area contributed by atoms with Crippen molar-refractivity contribution in [1.82, 2.24) is 29.7 Å². The van der Waals surface area contributed by atoms with Gasteiger partial charge in [-0.1, -0.05) is 12.1 Å². The van der Waals surface area contributed by atoms with Crippen molar-refractivity contribution < 1.29 is 9.13 Å². The first-order valence-electron chi connectivity index (χ1n) is 10.3. The third kappa shape index (κ3) is 4.59. The molecule has 0 bridgehead atoms. The molecule has 5 rings (SSSR count). The predicted octanol–water partition coefficient (Wildman–Crippen LogP) is 4.95. The number of aromatic nitrogens is 6. The Balaban J connectivity index is 1.54. The van der Waals surface area contributed by atoms with Crippen molar-refractivity contribution in [1.29, 1.82) is 0 Å². The zero-order valence-electron chi connectivity index (χ0n) is 17.8. The summed E-state index contributed by atoms with van der Waals surface area (Å²) in [7, 11) is 0. The molecule has 162 valence electrons. The fourth-order valence-corrected chi connectivity index (χ4v) is 3.30. The van der Waals surface area contributed by atoms with Crippen molar-refractivity contribution in [3.63, 3.8) is 0 Å². The minimum Gasteiger partial charge on any atom is -0.437 e. The van der Waals surface area contributed by atoms with Crippen molar-refractivity contribution in [3.05, 3.63) is 108 Å². The second kappa shape index (κ2) is 8.96. The van der Waals surface area contributed by atoms with E-state index in [0.29, 0.717) is 40.9 Å². The van der Waals surface area contributed by atoms with E-state index in [9.17, 15) is 4.39 Å². The average Bonchev–Trinajstić information content (AvgIpc) is 3.26. The summed E-state index contributed by atoms with van der Waals surface area (Å²) in [4.78, 5) is 17.4. The first kappa shape index (κ1) is 20.4. The molecule has 0 saturated heterocycles. The molecule has 0 unspecified atom stereocenters. The van der Waals surface area contributed by atoms with Gasteiger partial charge in [-0.3, -0.25) is 9.97 Å². The van der Waals surface area contributed by atoms with Gasteiger partial charge in [-0.15, -0.1) is 5.10 Å². The Bertz CT molecular complexity index is 1390. The summed E-state index contributed by atoms with van der Waals surface area (Å²) >= 11 is 0. The smallest absolute Gasteiger partial charge is 0.219 e. The van der Waals surface area contributed by atoms with Gasteiger partial charge in [-0.25, -0.2) is 19.0 Å². The van der Waals surface area contributed by atoms with Crippen LogP contribution in [0.3, 0.4) is 0 Å². The minimum atomic E-state index is -0.301. The predicted molar refractivity (Wildman–Crippen MR) is 121 cm³/mol. The van der Waals surface area contributed by atoms with E-state index in [4.69, 9.17) is 9.72 Å². The lowest BCUT2D eigenvalue weighted by Gasteiger charge is -2.07. The van der Waals surface area contributed by atoms with E-state index in [-0.39, 0.29) is 5.82 Å². The van der Waals surface area contributed by atoms with Gasteiger partial charge in [-0.2, -0.15) is 0 Å². The average molecular weight is 438 g/mol. The second-order valence-corrected chi connectivity index (χ2v) is 7.37. The standard InChI is InChI=1S/C25H19FN6O/c1-17-7-8-20(15-22(17)26)32-23(14-19-5-2-3-11-28-19)30-25(31-32)18-9-12-29-24(13-18)33-21-6-4-10-27-16-21/h2-13,15-16H,14H2,1H3. The molecule has 0 aliphatic heterocycles. The summed E-state index contributed by atoms with van der Waals surface area (Å²) in [6.45, 7) is 1.72. The Hall–Kier alpha value is -4.46. The van der Waals surface area contributed by atoms with Gasteiger partial charge < -0.3 is 4.74 Å². The SMILES string of the molecule is Cc1ccc(-n2nc(-c3ccnc(Oc4cccnc4)c3)nc2Cc2ccccn2)cc1F. The van der Waals surface area contributed by atoms with Crippen LogP contribution in [0.4, 0.5) is 4.39 Å². The lowest BCUT2D eigenvalue weighted by molar-refractivity contribution is 0.461. The van der Waals surface area contributed by atoms with E-state index in [0.717, 1.165) is 11.3 Å². The van der Waals surface area contributed by atoms with Crippen LogP contribution < -0.4 is 4.74 Å². The molecule has 8 heteroatoms. The molecule has 1 aromatic carbocycles. The molecule has 5 aromatic rings. The van der Waals surface area contributed by atoms with E-state index in [2.05, 4.69) is 20.1 Å². The molecule has 0 N–H and O–H groups in total. The van der Waals surface area contributed by atoms with E-state index >= 15 is 0 Å². The van der Waals surface area contributed by atoms with Crippen LogP contribution in [0.25, 0.3) is 17.1 Å². The molecule has 0 atom stereocenters. The normalized spacial score (nSPS) is 10.8. The molecular weight excluding hydrogens is 419 g/mol. The van der Waals surface area contributed by atoms with Gasteiger partial charge >= 0.3 is 0 Å². The number of hydrogen-bond acceptors (Lipinski definition) is 6. The van der Waals surface area contributed by atoms with Crippen LogP contribution in [0.5, 0.6) is 11.6 Å². The van der Waals surface area contributed by atoms with Gasteiger partial charge in [-0.05, 0) is 55.0 Å². The van der Waals surface area contributed by atoms with Crippen LogP contribution in [-0.2, 0) is 6.42 Å². The molecular formula is C25H19FN6O. The summed E-state index contributed by atoms with van der Waals surface area (Å²) in [6.07, 6.45) is 7.08. The summed E-state index contributed by atoms with van der Waals surface area (Å²) in [5.74, 6) is 1.78. The van der Waals surface area contributed by atoms with Crippen LogP contribution in [0.15, 0.2) is 85.5 Å². The number of hydrogen-bond donors (Lipinski definition) is 0. The number of aryl methyl sites for hydroxylation is 1. The fraction of sp³-hybridized carbons (Fsp3) is 0.0800. The molecule has 7 nitrogen and oxygen atoms in total. The van der Waals surface area contributed by atoms with Crippen molar-refractivity contribution in [2.45, 2.75) is 13.3 Å². The van der Waals surface area contributed by atoms with Gasteiger partial charge in [0.05, 0.1) is 18.3 Å². The molecule has 0 fully saturated rings. The molecule has 0 spiro atoms. The van der Waals surface area contributed by atoms with Crippen LogP contribution in [-0.4, -0.2) is 29.7 Å². The lowest BCUT2D eigenvalue weighted by Crippen LogP contribution is -2.05. The third-order valence-electron chi connectivity index (χ3n) is 4.99. The van der Waals surface area contributed by atoms with E-state index < -0.39 is 0 Å². The van der Waals surface area contributed by atoms with Crippen LogP contribution in [0, 0.1) is 12.7 Å². The molecule has 0 radical (unpaired) electrons. The van der Waals surface area contributed by atoms with Gasteiger partial charge in [0, 0.05) is 35.9 Å². The molecule has 4 heterocycles. The van der Waals surface area contributed by atoms with E-state index in [1.807, 2.05) is 24.3 Å². The van der Waals surface area contributed by atoms with Crippen molar-refractivity contribution >= 4 is 0 Å². The number of rotatable bonds is 6. The molecule has 0 amide bonds. The molecule has 0 saturated carbocycles. The van der Waals surface area contributed by atoms with Crippen molar-refractivity contribution in [3.8, 4) is 28.7 Å². The van der Waals surface area contributed by atoms with Gasteiger partial charge in [0.25, 0.3) is 0 Å². The number of benzene rings is 1. The Labute approximate surface area is 189 Å². The highest BCUT2D eigenvalue weighted by atomic mass is 19.1. The summed E-state index contributed by atoms with van der Waals surface area (Å²) in [6, 6.07) is 17.8. The highest BCUT2D eigenvalue weighted by Gasteiger charge is 2.16. The highest BCUT2D eigenvalue weighted by molar-refractivity contribution is 5.56.